The maximum Gasteiger partial charge on any atom is 0.264 e. The highest BCUT2D eigenvalue weighted by Crippen LogP contribution is 2.39. The topological polar surface area (TPSA) is 23.6 Å². The van der Waals surface area contributed by atoms with Gasteiger partial charge in [-0.1, -0.05) is 18.2 Å². The van der Waals surface area contributed by atoms with Gasteiger partial charge in [0.2, 0.25) is 0 Å². The molecule has 0 saturated carbocycles. The van der Waals surface area contributed by atoms with Crippen LogP contribution in [0.3, 0.4) is 0 Å². The summed E-state index contributed by atoms with van der Waals surface area (Å²) in [5, 5.41) is 0. The summed E-state index contributed by atoms with van der Waals surface area (Å²) < 4.78 is 0. The standard InChI is InChI=1S/C21H26N2OS/c1-14-12-19(25-20(14)21(24)23-10-4-5-11-23)16-6-8-17-15(13-16)7-9-18(17)22(2)3/h6,8,12-13,18H,4-5,7,9-11H2,1-3H3. The molecule has 1 amide bonds. The predicted octanol–water partition coefficient (Wildman–Crippen LogP) is 4.51. The van der Waals surface area contributed by atoms with E-state index < -0.39 is 0 Å². The van der Waals surface area contributed by atoms with E-state index in [9.17, 15) is 4.79 Å². The number of amides is 1. The van der Waals surface area contributed by atoms with Crippen molar-refractivity contribution in [2.24, 2.45) is 0 Å². The monoisotopic (exact) mass is 354 g/mol. The molecule has 132 valence electrons. The van der Waals surface area contributed by atoms with Crippen LogP contribution in [0.15, 0.2) is 24.3 Å². The minimum absolute atomic E-state index is 0.222. The average molecular weight is 355 g/mol. The second-order valence-electron chi connectivity index (χ2n) is 7.55. The Morgan fingerprint density at radius 3 is 2.68 bits per heavy atom. The molecule has 2 aliphatic rings. The van der Waals surface area contributed by atoms with Gasteiger partial charge in [0.1, 0.15) is 0 Å². The van der Waals surface area contributed by atoms with E-state index in [1.54, 1.807) is 11.3 Å². The lowest BCUT2D eigenvalue weighted by molar-refractivity contribution is 0.0797. The smallest absolute Gasteiger partial charge is 0.264 e. The summed E-state index contributed by atoms with van der Waals surface area (Å²) >= 11 is 1.66. The molecule has 1 aliphatic carbocycles. The molecule has 4 heteroatoms. The van der Waals surface area contributed by atoms with Gasteiger partial charge in [0.05, 0.1) is 4.88 Å². The molecule has 1 fully saturated rings. The third kappa shape index (κ3) is 3.02. The van der Waals surface area contributed by atoms with E-state index in [0.717, 1.165) is 42.8 Å². The van der Waals surface area contributed by atoms with Crippen LogP contribution in [0.25, 0.3) is 10.4 Å². The van der Waals surface area contributed by atoms with Crippen molar-refractivity contribution in [2.75, 3.05) is 27.2 Å². The molecule has 1 aromatic heterocycles. The molecular formula is C21H26N2OS. The van der Waals surface area contributed by atoms with Crippen molar-refractivity contribution >= 4 is 17.2 Å². The molecular weight excluding hydrogens is 328 g/mol. The maximum atomic E-state index is 12.7. The fourth-order valence-electron chi connectivity index (χ4n) is 4.19. The van der Waals surface area contributed by atoms with Gasteiger partial charge < -0.3 is 9.80 Å². The van der Waals surface area contributed by atoms with E-state index in [4.69, 9.17) is 0 Å². The molecule has 1 aliphatic heterocycles. The Morgan fingerprint density at radius 2 is 1.96 bits per heavy atom. The first-order valence-corrected chi connectivity index (χ1v) is 10.1. The Labute approximate surface area is 154 Å². The molecule has 1 unspecified atom stereocenters. The van der Waals surface area contributed by atoms with Gasteiger partial charge in [-0.2, -0.15) is 0 Å². The number of thiophene rings is 1. The number of fused-ring (bicyclic) bond motifs is 1. The Hall–Kier alpha value is -1.65. The highest BCUT2D eigenvalue weighted by molar-refractivity contribution is 7.17. The summed E-state index contributed by atoms with van der Waals surface area (Å²) in [7, 11) is 4.32. The summed E-state index contributed by atoms with van der Waals surface area (Å²) in [4.78, 5) is 19.2. The number of nitrogens with zero attached hydrogens (tertiary/aromatic N) is 2. The minimum atomic E-state index is 0.222. The van der Waals surface area contributed by atoms with E-state index in [0.29, 0.717) is 6.04 Å². The van der Waals surface area contributed by atoms with E-state index in [1.807, 2.05) is 4.90 Å². The number of carbonyl (C=O) groups excluding carboxylic acids is 1. The number of hydrogen-bond donors (Lipinski definition) is 0. The third-order valence-electron chi connectivity index (χ3n) is 5.60. The van der Waals surface area contributed by atoms with Crippen LogP contribution in [0.1, 0.15) is 51.7 Å². The van der Waals surface area contributed by atoms with Crippen molar-refractivity contribution in [3.05, 3.63) is 45.8 Å². The molecule has 1 saturated heterocycles. The second-order valence-corrected chi connectivity index (χ2v) is 8.61. The molecule has 2 aromatic rings. The van der Waals surface area contributed by atoms with E-state index in [1.165, 1.54) is 28.0 Å². The second kappa shape index (κ2) is 6.58. The summed E-state index contributed by atoms with van der Waals surface area (Å²) in [5.74, 6) is 0.222. The van der Waals surface area contributed by atoms with Crippen LogP contribution in [0.2, 0.25) is 0 Å². The van der Waals surface area contributed by atoms with Crippen LogP contribution >= 0.6 is 11.3 Å². The minimum Gasteiger partial charge on any atom is -0.338 e. The number of likely N-dealkylation sites (tertiary alicyclic amines) is 1. The zero-order chi connectivity index (χ0) is 17.6. The Bertz CT molecular complexity index is 802. The summed E-state index contributed by atoms with van der Waals surface area (Å²) in [6.45, 7) is 3.89. The lowest BCUT2D eigenvalue weighted by Crippen LogP contribution is -2.27. The first kappa shape index (κ1) is 16.8. The fourth-order valence-corrected chi connectivity index (χ4v) is 5.32. The number of carbonyl (C=O) groups is 1. The molecule has 0 spiro atoms. The lowest BCUT2D eigenvalue weighted by atomic mass is 10.0. The van der Waals surface area contributed by atoms with Gasteiger partial charge in [0.15, 0.2) is 0 Å². The summed E-state index contributed by atoms with van der Waals surface area (Å²) in [6, 6.07) is 9.60. The molecule has 0 N–H and O–H groups in total. The first-order valence-electron chi connectivity index (χ1n) is 9.24. The average Bonchev–Trinajstić information content (AvgIpc) is 3.32. The number of rotatable bonds is 3. The van der Waals surface area contributed by atoms with Crippen LogP contribution in [0.4, 0.5) is 0 Å². The van der Waals surface area contributed by atoms with Gasteiger partial charge in [0, 0.05) is 24.0 Å². The quantitative estimate of drug-likeness (QED) is 0.810. The lowest BCUT2D eigenvalue weighted by Gasteiger charge is -2.20. The molecule has 3 nitrogen and oxygen atoms in total. The Morgan fingerprint density at radius 1 is 1.20 bits per heavy atom. The van der Waals surface area contributed by atoms with Crippen LogP contribution in [-0.4, -0.2) is 42.9 Å². The molecule has 0 bridgehead atoms. The van der Waals surface area contributed by atoms with Gasteiger partial charge in [-0.25, -0.2) is 0 Å². The summed E-state index contributed by atoms with van der Waals surface area (Å²) in [6.07, 6.45) is 4.63. The van der Waals surface area contributed by atoms with Crippen molar-refractivity contribution in [2.45, 2.75) is 38.6 Å². The Balaban J connectivity index is 1.63. The third-order valence-corrected chi connectivity index (χ3v) is 6.88. The van der Waals surface area contributed by atoms with Crippen molar-refractivity contribution in [1.29, 1.82) is 0 Å². The van der Waals surface area contributed by atoms with Gasteiger partial charge in [0.25, 0.3) is 5.91 Å². The Kier molecular flexibility index (Phi) is 4.42. The molecule has 2 heterocycles. The number of hydrogen-bond acceptors (Lipinski definition) is 3. The van der Waals surface area contributed by atoms with E-state index in [-0.39, 0.29) is 5.91 Å². The van der Waals surface area contributed by atoms with Crippen molar-refractivity contribution < 1.29 is 4.79 Å². The molecule has 1 aromatic carbocycles. The zero-order valence-electron chi connectivity index (χ0n) is 15.3. The van der Waals surface area contributed by atoms with Crippen LogP contribution in [0, 0.1) is 6.92 Å². The molecule has 4 rings (SSSR count). The van der Waals surface area contributed by atoms with Gasteiger partial charge in [-0.15, -0.1) is 11.3 Å². The largest absolute Gasteiger partial charge is 0.338 e. The van der Waals surface area contributed by atoms with E-state index >= 15 is 0 Å². The maximum absolute atomic E-state index is 12.7. The van der Waals surface area contributed by atoms with Crippen LogP contribution in [0.5, 0.6) is 0 Å². The molecule has 25 heavy (non-hydrogen) atoms. The van der Waals surface area contributed by atoms with Crippen molar-refractivity contribution in [1.82, 2.24) is 9.80 Å². The van der Waals surface area contributed by atoms with Crippen LogP contribution < -0.4 is 0 Å². The molecule has 1 atom stereocenters. The van der Waals surface area contributed by atoms with Gasteiger partial charge in [-0.3, -0.25) is 4.79 Å². The SMILES string of the molecule is Cc1cc(-c2ccc3c(c2)CCC3N(C)C)sc1C(=O)N1CCCC1. The molecule has 0 radical (unpaired) electrons. The van der Waals surface area contributed by atoms with Gasteiger partial charge in [-0.05, 0) is 75.0 Å². The fraction of sp³-hybridized carbons (Fsp3) is 0.476. The number of aryl methyl sites for hydroxylation is 2. The number of benzene rings is 1. The predicted molar refractivity (Wildman–Crippen MR) is 104 cm³/mol. The zero-order valence-corrected chi connectivity index (χ0v) is 16.2. The van der Waals surface area contributed by atoms with Crippen molar-refractivity contribution in [3.8, 4) is 10.4 Å². The first-order chi connectivity index (χ1) is 12.0. The summed E-state index contributed by atoms with van der Waals surface area (Å²) in [5.41, 5.74) is 5.31. The van der Waals surface area contributed by atoms with Gasteiger partial charge >= 0.3 is 0 Å². The normalized spacial score (nSPS) is 19.7. The van der Waals surface area contributed by atoms with Crippen LogP contribution in [-0.2, 0) is 6.42 Å². The highest BCUT2D eigenvalue weighted by Gasteiger charge is 2.26. The van der Waals surface area contributed by atoms with Crippen molar-refractivity contribution in [3.63, 3.8) is 0 Å². The van der Waals surface area contributed by atoms with E-state index in [2.05, 4.69) is 50.2 Å². The highest BCUT2D eigenvalue weighted by atomic mass is 32.1.